The number of nitrogens with zero attached hydrogens (tertiary/aromatic N) is 2. The largest absolute Gasteiger partial charge is 0.361 e. The van der Waals surface area contributed by atoms with Crippen LogP contribution < -0.4 is 10.6 Å². The number of H-pyrrole nitrogens is 1. The third-order valence-electron chi connectivity index (χ3n) is 4.65. The Hall–Kier alpha value is -3.28. The van der Waals surface area contributed by atoms with E-state index in [0.29, 0.717) is 12.1 Å². The van der Waals surface area contributed by atoms with E-state index in [1.807, 2.05) is 30.3 Å². The highest BCUT2D eigenvalue weighted by Gasteiger charge is 2.07. The second-order valence-electron chi connectivity index (χ2n) is 6.86. The summed E-state index contributed by atoms with van der Waals surface area (Å²) in [5.41, 5.74) is 4.24. The van der Waals surface area contributed by atoms with E-state index in [9.17, 15) is 4.79 Å². The summed E-state index contributed by atoms with van der Waals surface area (Å²) in [7, 11) is 5.27. The molecule has 0 saturated carbocycles. The second-order valence-corrected chi connectivity index (χ2v) is 6.86. The Bertz CT molecular complexity index is 956. The summed E-state index contributed by atoms with van der Waals surface area (Å²) in [6.45, 7) is 1.43. The number of aromatic nitrogens is 1. The maximum absolute atomic E-state index is 11.9. The fourth-order valence-electron chi connectivity index (χ4n) is 3.08. The molecule has 0 bridgehead atoms. The van der Waals surface area contributed by atoms with Gasteiger partial charge in [0.05, 0.1) is 0 Å². The van der Waals surface area contributed by atoms with Crippen LogP contribution in [0.1, 0.15) is 21.5 Å². The number of hydrogen-bond donors (Lipinski definition) is 3. The molecule has 3 N–H and O–H groups in total. The molecular weight excluding hydrogens is 350 g/mol. The van der Waals surface area contributed by atoms with Crippen molar-refractivity contribution in [1.82, 2.24) is 20.5 Å². The lowest BCUT2D eigenvalue weighted by Crippen LogP contribution is -2.37. The molecular formula is C22H27N5O. The molecule has 0 spiro atoms. The molecule has 0 aliphatic carbocycles. The number of guanidine groups is 1. The molecule has 6 nitrogen and oxygen atoms in total. The van der Waals surface area contributed by atoms with Crippen LogP contribution in [0.3, 0.4) is 0 Å². The van der Waals surface area contributed by atoms with E-state index in [1.165, 1.54) is 10.9 Å². The van der Waals surface area contributed by atoms with Gasteiger partial charge in [-0.3, -0.25) is 9.79 Å². The lowest BCUT2D eigenvalue weighted by atomic mass is 10.1. The van der Waals surface area contributed by atoms with Gasteiger partial charge >= 0.3 is 0 Å². The van der Waals surface area contributed by atoms with E-state index < -0.39 is 0 Å². The van der Waals surface area contributed by atoms with Crippen molar-refractivity contribution in [2.75, 3.05) is 27.7 Å². The molecule has 3 aromatic rings. The fraction of sp³-hybridized carbons (Fsp3) is 0.273. The number of carbonyl (C=O) groups is 1. The lowest BCUT2D eigenvalue weighted by Gasteiger charge is -2.13. The van der Waals surface area contributed by atoms with Gasteiger partial charge in [-0.25, -0.2) is 0 Å². The highest BCUT2D eigenvalue weighted by molar-refractivity contribution is 5.93. The van der Waals surface area contributed by atoms with Crippen molar-refractivity contribution < 1.29 is 4.79 Å². The monoisotopic (exact) mass is 377 g/mol. The van der Waals surface area contributed by atoms with Gasteiger partial charge in [0.1, 0.15) is 0 Å². The Morgan fingerprint density at radius 1 is 1.07 bits per heavy atom. The summed E-state index contributed by atoms with van der Waals surface area (Å²) in [4.78, 5) is 21.1. The predicted octanol–water partition coefficient (Wildman–Crippen LogP) is 2.78. The maximum Gasteiger partial charge on any atom is 0.253 e. The minimum atomic E-state index is 0.00858. The zero-order chi connectivity index (χ0) is 19.9. The molecule has 0 atom stereocenters. The first kappa shape index (κ1) is 19.5. The number of para-hydroxylation sites is 1. The summed E-state index contributed by atoms with van der Waals surface area (Å²) in [6.07, 6.45) is 2.98. The van der Waals surface area contributed by atoms with Crippen molar-refractivity contribution in [3.8, 4) is 0 Å². The van der Waals surface area contributed by atoms with Crippen LogP contribution in [0, 0.1) is 0 Å². The van der Waals surface area contributed by atoms with E-state index in [2.05, 4.69) is 45.0 Å². The van der Waals surface area contributed by atoms with Crippen LogP contribution in [0.25, 0.3) is 10.9 Å². The molecule has 146 valence electrons. The molecule has 3 rings (SSSR count). The van der Waals surface area contributed by atoms with Gasteiger partial charge in [-0.2, -0.15) is 0 Å². The van der Waals surface area contributed by atoms with Crippen molar-refractivity contribution >= 4 is 22.8 Å². The van der Waals surface area contributed by atoms with E-state index in [0.717, 1.165) is 30.0 Å². The molecule has 0 saturated heterocycles. The van der Waals surface area contributed by atoms with Crippen molar-refractivity contribution in [3.05, 3.63) is 71.4 Å². The first-order valence-corrected chi connectivity index (χ1v) is 9.38. The molecule has 0 unspecified atom stereocenters. The average molecular weight is 377 g/mol. The average Bonchev–Trinajstić information content (AvgIpc) is 3.13. The van der Waals surface area contributed by atoms with E-state index in [4.69, 9.17) is 0 Å². The first-order valence-electron chi connectivity index (χ1n) is 9.38. The van der Waals surface area contributed by atoms with Crippen LogP contribution in [0.4, 0.5) is 0 Å². The van der Waals surface area contributed by atoms with Crippen molar-refractivity contribution in [3.63, 3.8) is 0 Å². The number of carbonyl (C=O) groups excluding carboxylic acids is 1. The first-order chi connectivity index (χ1) is 13.6. The van der Waals surface area contributed by atoms with Crippen LogP contribution in [-0.2, 0) is 13.0 Å². The number of benzene rings is 2. The molecule has 6 heteroatoms. The molecule has 0 radical (unpaired) electrons. The molecule has 0 aliphatic rings. The summed E-state index contributed by atoms with van der Waals surface area (Å²) in [5, 5.41) is 7.93. The second kappa shape index (κ2) is 9.08. The minimum Gasteiger partial charge on any atom is -0.361 e. The van der Waals surface area contributed by atoms with Crippen LogP contribution >= 0.6 is 0 Å². The van der Waals surface area contributed by atoms with Gasteiger partial charge in [0.15, 0.2) is 5.96 Å². The Labute approximate surface area is 165 Å². The van der Waals surface area contributed by atoms with Crippen LogP contribution in [0.2, 0.25) is 0 Å². The number of hydrogen-bond acceptors (Lipinski definition) is 2. The van der Waals surface area contributed by atoms with Gasteiger partial charge in [0.2, 0.25) is 0 Å². The molecule has 2 aromatic carbocycles. The van der Waals surface area contributed by atoms with Crippen LogP contribution in [-0.4, -0.2) is 49.4 Å². The quantitative estimate of drug-likeness (QED) is 0.457. The number of nitrogens with one attached hydrogen (secondary N) is 3. The summed E-state index contributed by atoms with van der Waals surface area (Å²) < 4.78 is 0. The Balaban J connectivity index is 1.49. The van der Waals surface area contributed by atoms with Crippen molar-refractivity contribution in [1.29, 1.82) is 0 Å². The predicted molar refractivity (Wildman–Crippen MR) is 115 cm³/mol. The highest BCUT2D eigenvalue weighted by Crippen LogP contribution is 2.17. The van der Waals surface area contributed by atoms with Gasteiger partial charge in [0, 0.05) is 56.9 Å². The fourth-order valence-corrected chi connectivity index (χ4v) is 3.08. The van der Waals surface area contributed by atoms with Gasteiger partial charge < -0.3 is 20.5 Å². The van der Waals surface area contributed by atoms with Gasteiger partial charge in [-0.1, -0.05) is 30.3 Å². The Kier molecular flexibility index (Phi) is 6.32. The Morgan fingerprint density at radius 2 is 1.82 bits per heavy atom. The van der Waals surface area contributed by atoms with E-state index in [-0.39, 0.29) is 5.91 Å². The van der Waals surface area contributed by atoms with E-state index in [1.54, 1.807) is 26.0 Å². The normalized spacial score (nSPS) is 11.5. The number of fused-ring (bicyclic) bond motifs is 1. The zero-order valence-electron chi connectivity index (χ0n) is 16.6. The maximum atomic E-state index is 11.9. The zero-order valence-corrected chi connectivity index (χ0v) is 16.6. The van der Waals surface area contributed by atoms with Gasteiger partial charge in [0.25, 0.3) is 5.91 Å². The molecule has 1 heterocycles. The Morgan fingerprint density at radius 3 is 2.54 bits per heavy atom. The lowest BCUT2D eigenvalue weighted by molar-refractivity contribution is 0.0827. The summed E-state index contributed by atoms with van der Waals surface area (Å²) in [6, 6.07) is 16.0. The topological polar surface area (TPSA) is 72.5 Å². The standard InChI is InChI=1S/C22H27N5O/c1-23-22(24-13-12-18-15-25-20-7-5-4-6-19(18)20)26-14-16-8-10-17(11-9-16)21(28)27(2)3/h4-11,15,25H,12-14H2,1-3H3,(H2,23,24,26). The molecule has 0 fully saturated rings. The number of aromatic amines is 1. The highest BCUT2D eigenvalue weighted by atomic mass is 16.2. The van der Waals surface area contributed by atoms with Crippen molar-refractivity contribution in [2.24, 2.45) is 4.99 Å². The van der Waals surface area contributed by atoms with Gasteiger partial charge in [-0.15, -0.1) is 0 Å². The van der Waals surface area contributed by atoms with Crippen molar-refractivity contribution in [2.45, 2.75) is 13.0 Å². The number of rotatable bonds is 6. The van der Waals surface area contributed by atoms with Crippen LogP contribution in [0.15, 0.2) is 59.7 Å². The third-order valence-corrected chi connectivity index (χ3v) is 4.65. The minimum absolute atomic E-state index is 0.00858. The molecule has 1 amide bonds. The molecule has 28 heavy (non-hydrogen) atoms. The SMILES string of the molecule is CN=C(NCCc1c[nH]c2ccccc12)NCc1ccc(C(=O)N(C)C)cc1. The van der Waals surface area contributed by atoms with Gasteiger partial charge in [-0.05, 0) is 35.7 Å². The molecule has 0 aliphatic heterocycles. The summed E-state index contributed by atoms with van der Waals surface area (Å²) >= 11 is 0. The number of amides is 1. The van der Waals surface area contributed by atoms with E-state index >= 15 is 0 Å². The summed E-state index contributed by atoms with van der Waals surface area (Å²) in [5.74, 6) is 0.766. The molecule has 1 aromatic heterocycles. The smallest absolute Gasteiger partial charge is 0.253 e. The third kappa shape index (κ3) is 4.71. The number of aliphatic imine (C=N–C) groups is 1. The van der Waals surface area contributed by atoms with Crippen LogP contribution in [0.5, 0.6) is 0 Å².